The maximum absolute atomic E-state index is 12.8. The first-order valence-corrected chi connectivity index (χ1v) is 11.7. The zero-order valence-corrected chi connectivity index (χ0v) is 21.7. The van der Waals surface area contributed by atoms with Gasteiger partial charge < -0.3 is 29.9 Å². The number of carboxylic acids is 3. The van der Waals surface area contributed by atoms with E-state index < -0.39 is 41.9 Å². The Bertz CT molecular complexity index is 1100. The zero-order valence-electron chi connectivity index (χ0n) is 21.7. The topological polar surface area (TPSA) is 171 Å². The van der Waals surface area contributed by atoms with Crippen molar-refractivity contribution in [3.05, 3.63) is 42.0 Å². The number of benzene rings is 2. The molecule has 2 aromatic rings. The molecule has 2 aromatic carbocycles. The van der Waals surface area contributed by atoms with E-state index in [1.54, 1.807) is 7.11 Å². The van der Waals surface area contributed by atoms with Crippen molar-refractivity contribution in [1.82, 2.24) is 4.90 Å². The Hall–Kier alpha value is -3.70. The Labute approximate surface area is 215 Å². The van der Waals surface area contributed by atoms with Gasteiger partial charge in [0, 0.05) is 0 Å². The lowest BCUT2D eigenvalue weighted by atomic mass is 9.88. The Morgan fingerprint density at radius 2 is 1.38 bits per heavy atom. The summed E-state index contributed by atoms with van der Waals surface area (Å²) >= 11 is 0. The van der Waals surface area contributed by atoms with Crippen molar-refractivity contribution in [2.45, 2.75) is 51.7 Å². The second kappa shape index (κ2) is 13.6. The molecule has 0 fully saturated rings. The number of esters is 1. The van der Waals surface area contributed by atoms with Crippen molar-refractivity contribution in [2.24, 2.45) is 0 Å². The quantitative estimate of drug-likeness (QED) is 0.303. The van der Waals surface area contributed by atoms with E-state index in [0.29, 0.717) is 6.61 Å². The average Bonchev–Trinajstić information content (AvgIpc) is 2.83. The van der Waals surface area contributed by atoms with E-state index in [4.69, 9.17) is 29.9 Å². The number of carbonyl (C=O) groups excluding carboxylic acids is 1. The van der Waals surface area contributed by atoms with E-state index >= 15 is 0 Å². The van der Waals surface area contributed by atoms with E-state index in [9.17, 15) is 19.2 Å². The molecule has 0 amide bonds. The molecule has 4 N–H and O–H groups in total. The minimum absolute atomic E-state index is 0.207. The fraction of sp³-hybridized carbons (Fsp3) is 0.462. The number of carbonyl (C=O) groups is 4. The number of ether oxygens (including phenoxy) is 2. The third-order valence-electron chi connectivity index (χ3n) is 5.96. The molecule has 0 saturated heterocycles. The number of rotatable bonds is 12. The van der Waals surface area contributed by atoms with E-state index in [-0.39, 0.29) is 5.97 Å². The second-order valence-electron chi connectivity index (χ2n) is 8.37. The van der Waals surface area contributed by atoms with Crippen LogP contribution in [0.25, 0.3) is 10.8 Å². The van der Waals surface area contributed by atoms with Crippen molar-refractivity contribution < 1.29 is 49.1 Å². The summed E-state index contributed by atoms with van der Waals surface area (Å²) < 4.78 is 10.7. The average molecular weight is 522 g/mol. The molecule has 0 heterocycles. The molecule has 0 aliphatic carbocycles. The predicted molar refractivity (Wildman–Crippen MR) is 134 cm³/mol. The van der Waals surface area contributed by atoms with Gasteiger partial charge in [0.1, 0.15) is 11.3 Å². The lowest BCUT2D eigenvalue weighted by Gasteiger charge is -2.38. The van der Waals surface area contributed by atoms with Crippen LogP contribution in [0.5, 0.6) is 5.75 Å². The molecule has 0 aliphatic rings. The molecule has 11 nitrogen and oxygen atoms in total. The van der Waals surface area contributed by atoms with Crippen molar-refractivity contribution in [1.29, 1.82) is 0 Å². The van der Waals surface area contributed by atoms with E-state index in [1.807, 2.05) is 44.2 Å². The maximum Gasteiger partial charge on any atom is 0.336 e. The monoisotopic (exact) mass is 521 g/mol. The van der Waals surface area contributed by atoms with Gasteiger partial charge in [-0.1, -0.05) is 32.0 Å². The van der Waals surface area contributed by atoms with Gasteiger partial charge >= 0.3 is 23.9 Å². The van der Waals surface area contributed by atoms with Crippen molar-refractivity contribution in [2.75, 3.05) is 26.8 Å². The molecule has 0 radical (unpaired) electrons. The summed E-state index contributed by atoms with van der Waals surface area (Å²) in [6.07, 6.45) is -2.29. The van der Waals surface area contributed by atoms with Crippen LogP contribution >= 0.6 is 0 Å². The molecular weight excluding hydrogens is 486 g/mol. The first kappa shape index (κ1) is 31.3. The van der Waals surface area contributed by atoms with Crippen LogP contribution in [0.4, 0.5) is 0 Å². The number of hydrogen-bond acceptors (Lipinski definition) is 8. The van der Waals surface area contributed by atoms with Crippen LogP contribution < -0.4 is 4.74 Å². The first-order valence-electron chi connectivity index (χ1n) is 11.7. The number of aliphatic carboxylic acids is 3. The highest BCUT2D eigenvalue weighted by molar-refractivity contribution is 5.89. The van der Waals surface area contributed by atoms with Gasteiger partial charge in [-0.3, -0.25) is 14.5 Å². The van der Waals surface area contributed by atoms with Crippen molar-refractivity contribution in [3.63, 3.8) is 0 Å². The molecule has 0 bridgehead atoms. The summed E-state index contributed by atoms with van der Waals surface area (Å²) in [5.74, 6) is -4.40. The Morgan fingerprint density at radius 1 is 0.865 bits per heavy atom. The molecule has 2 rings (SSSR count). The summed E-state index contributed by atoms with van der Waals surface area (Å²) in [6.45, 7) is 9.83. The highest BCUT2D eigenvalue weighted by Gasteiger charge is 2.42. The smallest absolute Gasteiger partial charge is 0.336 e. The van der Waals surface area contributed by atoms with Crippen molar-refractivity contribution >= 4 is 34.6 Å². The Kier molecular flexibility index (Phi) is 11.5. The summed E-state index contributed by atoms with van der Waals surface area (Å²) in [7, 11) is 1.66. The number of fused-ring (bicyclic) bond motifs is 1. The van der Waals surface area contributed by atoms with Crippen LogP contribution in [0.1, 0.15) is 46.1 Å². The molecular formula is C26H35NO10. The van der Waals surface area contributed by atoms with Crippen LogP contribution in [-0.2, 0) is 29.5 Å². The summed E-state index contributed by atoms with van der Waals surface area (Å²) in [5, 5.41) is 36.0. The summed E-state index contributed by atoms with van der Waals surface area (Å²) in [6, 6.07) is 12.1. The van der Waals surface area contributed by atoms with Gasteiger partial charge in [-0.2, -0.15) is 0 Å². The van der Waals surface area contributed by atoms with Crippen molar-refractivity contribution in [3.8, 4) is 5.75 Å². The van der Waals surface area contributed by atoms with Gasteiger partial charge in [-0.05, 0) is 61.5 Å². The maximum atomic E-state index is 12.8. The highest BCUT2D eigenvalue weighted by atomic mass is 16.5. The Balaban J connectivity index is 0.000000448. The normalized spacial score (nSPS) is 12.7. The molecule has 37 heavy (non-hydrogen) atoms. The lowest BCUT2D eigenvalue weighted by molar-refractivity contribution is -0.170. The minimum Gasteiger partial charge on any atom is -0.497 e. The molecule has 0 aliphatic heterocycles. The number of methoxy groups -OCH3 is 1. The van der Waals surface area contributed by atoms with Crippen LogP contribution in [-0.4, -0.2) is 81.6 Å². The van der Waals surface area contributed by atoms with Gasteiger partial charge in [0.05, 0.1) is 26.6 Å². The van der Waals surface area contributed by atoms with Gasteiger partial charge in [-0.15, -0.1) is 0 Å². The largest absolute Gasteiger partial charge is 0.497 e. The summed E-state index contributed by atoms with van der Waals surface area (Å²) in [4.78, 5) is 45.4. The minimum atomic E-state index is -2.74. The molecule has 0 saturated carbocycles. The third-order valence-corrected chi connectivity index (χ3v) is 5.96. The third kappa shape index (κ3) is 7.89. The van der Waals surface area contributed by atoms with E-state index in [1.165, 1.54) is 0 Å². The SMILES string of the molecule is CCOC(=O)C(C)(c1ccc2cc(OC)ccc2c1)N(CC)CC.O=C(O)CC(O)(CC(=O)O)C(=O)O. The number of likely N-dealkylation sites (N-methyl/N-ethyl adjacent to an activating group) is 1. The number of carboxylic acid groups (broad SMARTS) is 3. The first-order chi connectivity index (χ1) is 17.3. The fourth-order valence-electron chi connectivity index (χ4n) is 3.92. The fourth-order valence-corrected chi connectivity index (χ4v) is 3.92. The summed E-state index contributed by atoms with van der Waals surface area (Å²) in [5.41, 5.74) is -2.59. The lowest BCUT2D eigenvalue weighted by Crippen LogP contribution is -2.50. The van der Waals surface area contributed by atoms with Gasteiger partial charge in [0.15, 0.2) is 5.60 Å². The van der Waals surface area contributed by atoms with Gasteiger partial charge in [0.2, 0.25) is 0 Å². The zero-order chi connectivity index (χ0) is 28.4. The van der Waals surface area contributed by atoms with Crippen LogP contribution in [0, 0.1) is 0 Å². The standard InChI is InChI=1S/C20H27NO3.C6H8O7/c1-6-21(7-2)20(4,19(22)24-8-3)17-11-9-16-14-18(23-5)12-10-15(16)13-17;7-3(8)1-6(13,5(11)12)2-4(9)10/h9-14H,6-8H2,1-5H3;13H,1-2H2,(H,7,8)(H,9,10)(H,11,12). The van der Waals surface area contributed by atoms with Crippen LogP contribution in [0.15, 0.2) is 36.4 Å². The molecule has 204 valence electrons. The number of hydrogen-bond donors (Lipinski definition) is 4. The van der Waals surface area contributed by atoms with Crippen LogP contribution in [0.2, 0.25) is 0 Å². The molecule has 0 aromatic heterocycles. The van der Waals surface area contributed by atoms with Gasteiger partial charge in [-0.25, -0.2) is 9.59 Å². The highest BCUT2D eigenvalue weighted by Crippen LogP contribution is 2.33. The second-order valence-corrected chi connectivity index (χ2v) is 8.37. The Morgan fingerprint density at radius 3 is 1.81 bits per heavy atom. The van der Waals surface area contributed by atoms with Gasteiger partial charge in [0.25, 0.3) is 0 Å². The molecule has 1 unspecified atom stereocenters. The molecule has 1 atom stereocenters. The molecule has 11 heteroatoms. The van der Waals surface area contributed by atoms with E-state index in [2.05, 4.69) is 24.8 Å². The number of aliphatic hydroxyl groups is 1. The van der Waals surface area contributed by atoms with E-state index in [0.717, 1.165) is 35.2 Å². The predicted octanol–water partition coefficient (Wildman–Crippen LogP) is 2.72. The molecule has 0 spiro atoms. The number of nitrogens with zero attached hydrogens (tertiary/aromatic N) is 1. The van der Waals surface area contributed by atoms with Crippen LogP contribution in [0.3, 0.4) is 0 Å².